The van der Waals surface area contributed by atoms with Crippen LogP contribution in [-0.2, 0) is 4.74 Å². The van der Waals surface area contributed by atoms with Gasteiger partial charge in [0.05, 0.1) is 35.6 Å². The molecule has 0 radical (unpaired) electrons. The summed E-state index contributed by atoms with van der Waals surface area (Å²) in [6.45, 7) is 7.58. The van der Waals surface area contributed by atoms with Gasteiger partial charge in [0.1, 0.15) is 0 Å². The van der Waals surface area contributed by atoms with Gasteiger partial charge < -0.3 is 14.7 Å². The molecular weight excluding hydrogens is 262 g/mol. The summed E-state index contributed by atoms with van der Waals surface area (Å²) in [5.74, 6) is 0. The molecule has 106 valence electrons. The van der Waals surface area contributed by atoms with Crippen LogP contribution in [0.4, 0.5) is 5.69 Å². The van der Waals surface area contributed by atoms with Gasteiger partial charge in [0.2, 0.25) is 0 Å². The highest BCUT2D eigenvalue weighted by atomic mass is 35.5. The first-order valence-electron chi connectivity index (χ1n) is 6.88. The van der Waals surface area contributed by atoms with Crippen molar-refractivity contribution >= 4 is 17.3 Å². The number of benzene rings is 1. The van der Waals surface area contributed by atoms with Crippen LogP contribution in [0, 0.1) is 0 Å². The van der Waals surface area contributed by atoms with Crippen molar-refractivity contribution in [3.8, 4) is 0 Å². The number of hydrogen-bond donors (Lipinski definition) is 1. The van der Waals surface area contributed by atoms with E-state index in [1.54, 1.807) is 6.92 Å². The van der Waals surface area contributed by atoms with Crippen molar-refractivity contribution in [1.82, 2.24) is 0 Å². The Hall–Kier alpha value is -0.770. The molecule has 1 N–H and O–H groups in total. The average molecular weight is 284 g/mol. The topological polar surface area (TPSA) is 32.7 Å². The van der Waals surface area contributed by atoms with Crippen LogP contribution in [0.25, 0.3) is 0 Å². The van der Waals surface area contributed by atoms with Gasteiger partial charge in [-0.3, -0.25) is 0 Å². The summed E-state index contributed by atoms with van der Waals surface area (Å²) in [6, 6.07) is 6.17. The van der Waals surface area contributed by atoms with Gasteiger partial charge in [-0.25, -0.2) is 0 Å². The SMILES string of the molecule is CCC1COC(C)CN1c1ccc([C@H](C)O)cc1Cl. The monoisotopic (exact) mass is 283 g/mol. The maximum absolute atomic E-state index is 9.60. The van der Waals surface area contributed by atoms with E-state index in [4.69, 9.17) is 16.3 Å². The lowest BCUT2D eigenvalue weighted by Crippen LogP contribution is -2.48. The fourth-order valence-corrected chi connectivity index (χ4v) is 2.79. The van der Waals surface area contributed by atoms with E-state index in [0.717, 1.165) is 30.8 Å². The molecule has 0 amide bonds. The molecule has 3 nitrogen and oxygen atoms in total. The van der Waals surface area contributed by atoms with E-state index in [2.05, 4.69) is 18.7 Å². The Bertz CT molecular complexity index is 436. The molecule has 1 aliphatic rings. The molecular formula is C15H22ClNO2. The van der Waals surface area contributed by atoms with E-state index in [0.29, 0.717) is 11.1 Å². The van der Waals surface area contributed by atoms with Gasteiger partial charge in [-0.1, -0.05) is 24.6 Å². The number of aliphatic hydroxyl groups is 1. The fourth-order valence-electron chi connectivity index (χ4n) is 2.49. The van der Waals surface area contributed by atoms with E-state index >= 15 is 0 Å². The first kappa shape index (κ1) is 14.6. The Morgan fingerprint density at radius 2 is 2.26 bits per heavy atom. The first-order valence-corrected chi connectivity index (χ1v) is 7.26. The summed E-state index contributed by atoms with van der Waals surface area (Å²) in [6.07, 6.45) is 0.758. The molecule has 1 aromatic rings. The molecule has 0 aliphatic carbocycles. The summed E-state index contributed by atoms with van der Waals surface area (Å²) >= 11 is 6.38. The molecule has 1 saturated heterocycles. The molecule has 1 aliphatic heterocycles. The summed E-state index contributed by atoms with van der Waals surface area (Å²) in [5.41, 5.74) is 1.89. The molecule has 1 heterocycles. The van der Waals surface area contributed by atoms with Crippen LogP contribution < -0.4 is 4.90 Å². The van der Waals surface area contributed by atoms with Crippen LogP contribution in [0.1, 0.15) is 38.9 Å². The maximum Gasteiger partial charge on any atom is 0.0762 e. The van der Waals surface area contributed by atoms with Gasteiger partial charge in [-0.2, -0.15) is 0 Å². The number of ether oxygens (including phenoxy) is 1. The number of anilines is 1. The van der Waals surface area contributed by atoms with Crippen molar-refractivity contribution in [1.29, 1.82) is 0 Å². The third-order valence-electron chi connectivity index (χ3n) is 3.70. The van der Waals surface area contributed by atoms with Gasteiger partial charge in [-0.05, 0) is 38.0 Å². The molecule has 0 spiro atoms. The number of halogens is 1. The first-order chi connectivity index (χ1) is 9.02. The van der Waals surface area contributed by atoms with Crippen LogP contribution in [0.3, 0.4) is 0 Å². The van der Waals surface area contributed by atoms with Crippen molar-refractivity contribution in [3.05, 3.63) is 28.8 Å². The standard InChI is InChI=1S/C15H22ClNO2/c1-4-13-9-19-10(2)8-17(13)15-6-5-12(11(3)18)7-14(15)16/h5-7,10-11,13,18H,4,8-9H2,1-3H3/t10?,11-,13?/m0/s1. The van der Waals surface area contributed by atoms with Crippen molar-refractivity contribution < 1.29 is 9.84 Å². The zero-order chi connectivity index (χ0) is 14.0. The summed E-state index contributed by atoms with van der Waals surface area (Å²) in [5, 5.41) is 10.3. The average Bonchev–Trinajstić information content (AvgIpc) is 2.38. The molecule has 0 saturated carbocycles. The van der Waals surface area contributed by atoms with Gasteiger partial charge in [0, 0.05) is 6.54 Å². The van der Waals surface area contributed by atoms with E-state index in [1.165, 1.54) is 0 Å². The lowest BCUT2D eigenvalue weighted by molar-refractivity contribution is 0.0299. The summed E-state index contributed by atoms with van der Waals surface area (Å²) < 4.78 is 5.71. The number of morpholine rings is 1. The minimum atomic E-state index is -0.489. The second-order valence-electron chi connectivity index (χ2n) is 5.25. The summed E-state index contributed by atoms with van der Waals surface area (Å²) in [7, 11) is 0. The number of hydrogen-bond acceptors (Lipinski definition) is 3. The molecule has 2 rings (SSSR count). The third kappa shape index (κ3) is 3.22. The number of nitrogens with zero attached hydrogens (tertiary/aromatic N) is 1. The largest absolute Gasteiger partial charge is 0.389 e. The predicted octanol–water partition coefficient (Wildman–Crippen LogP) is 3.40. The van der Waals surface area contributed by atoms with Gasteiger partial charge in [0.25, 0.3) is 0 Å². The molecule has 1 aromatic carbocycles. The minimum absolute atomic E-state index is 0.218. The second-order valence-corrected chi connectivity index (χ2v) is 5.65. The summed E-state index contributed by atoms with van der Waals surface area (Å²) in [4.78, 5) is 2.32. The van der Waals surface area contributed by atoms with Crippen LogP contribution in [-0.4, -0.2) is 30.4 Å². The van der Waals surface area contributed by atoms with Crippen LogP contribution in [0.2, 0.25) is 5.02 Å². The molecule has 2 unspecified atom stereocenters. The second kappa shape index (κ2) is 6.12. The van der Waals surface area contributed by atoms with Gasteiger partial charge in [-0.15, -0.1) is 0 Å². The number of rotatable bonds is 3. The van der Waals surface area contributed by atoms with E-state index < -0.39 is 6.10 Å². The van der Waals surface area contributed by atoms with E-state index in [1.807, 2.05) is 18.2 Å². The predicted molar refractivity (Wildman–Crippen MR) is 78.9 cm³/mol. The van der Waals surface area contributed by atoms with Gasteiger partial charge in [0.15, 0.2) is 0 Å². The highest BCUT2D eigenvalue weighted by Gasteiger charge is 2.27. The normalized spacial score (nSPS) is 25.4. The molecule has 1 fully saturated rings. The van der Waals surface area contributed by atoms with Crippen molar-refractivity contribution in [2.45, 2.75) is 45.4 Å². The zero-order valence-electron chi connectivity index (χ0n) is 11.8. The van der Waals surface area contributed by atoms with E-state index in [9.17, 15) is 5.11 Å². The highest BCUT2D eigenvalue weighted by molar-refractivity contribution is 6.33. The van der Waals surface area contributed by atoms with Crippen molar-refractivity contribution in [2.24, 2.45) is 0 Å². The lowest BCUT2D eigenvalue weighted by Gasteiger charge is -2.40. The Morgan fingerprint density at radius 3 is 2.84 bits per heavy atom. The fraction of sp³-hybridized carbons (Fsp3) is 0.600. The van der Waals surface area contributed by atoms with Crippen molar-refractivity contribution in [3.63, 3.8) is 0 Å². The zero-order valence-corrected chi connectivity index (χ0v) is 12.5. The van der Waals surface area contributed by atoms with Crippen molar-refractivity contribution in [2.75, 3.05) is 18.1 Å². The number of aliphatic hydroxyl groups excluding tert-OH is 1. The Kier molecular flexibility index (Phi) is 4.71. The van der Waals surface area contributed by atoms with Gasteiger partial charge >= 0.3 is 0 Å². The van der Waals surface area contributed by atoms with E-state index in [-0.39, 0.29) is 6.10 Å². The third-order valence-corrected chi connectivity index (χ3v) is 4.01. The van der Waals surface area contributed by atoms with Crippen LogP contribution in [0.15, 0.2) is 18.2 Å². The highest BCUT2D eigenvalue weighted by Crippen LogP contribution is 2.32. The maximum atomic E-state index is 9.60. The lowest BCUT2D eigenvalue weighted by atomic mass is 10.1. The molecule has 4 heteroatoms. The molecule has 3 atom stereocenters. The van der Waals surface area contributed by atoms with Crippen LogP contribution >= 0.6 is 11.6 Å². The van der Waals surface area contributed by atoms with Crippen LogP contribution in [0.5, 0.6) is 0 Å². The Balaban J connectivity index is 2.28. The molecule has 0 bridgehead atoms. The molecule has 0 aromatic heterocycles. The Labute approximate surface area is 120 Å². The minimum Gasteiger partial charge on any atom is -0.389 e. The molecule has 19 heavy (non-hydrogen) atoms. The smallest absolute Gasteiger partial charge is 0.0762 e. The quantitative estimate of drug-likeness (QED) is 0.923. The Morgan fingerprint density at radius 1 is 1.53 bits per heavy atom.